The van der Waals surface area contributed by atoms with Crippen LogP contribution in [-0.4, -0.2) is 38.1 Å². The number of rotatable bonds is 8. The minimum atomic E-state index is -0.375. The van der Waals surface area contributed by atoms with Crippen LogP contribution in [0.2, 0.25) is 0 Å². The van der Waals surface area contributed by atoms with Crippen LogP contribution in [0.1, 0.15) is 18.1 Å². The Morgan fingerprint density at radius 3 is 2.72 bits per heavy atom. The topological polar surface area (TPSA) is 76.7 Å². The standard InChI is InChI=1S/C22H23FN2O4/c1-2-28-19-8-4-6-16-13-17(14-29-21(16)19)22(27)25-10-9-24-20(26)12-15-5-3-7-18(23)11-15/h3-8,11,13H,2,9-10,12,14H2,1H3,(H,24,26)(H,25,27). The summed E-state index contributed by atoms with van der Waals surface area (Å²) >= 11 is 0. The van der Waals surface area contributed by atoms with Crippen molar-refractivity contribution >= 4 is 17.9 Å². The first-order chi connectivity index (χ1) is 14.1. The molecule has 2 N–H and O–H groups in total. The van der Waals surface area contributed by atoms with E-state index in [4.69, 9.17) is 9.47 Å². The van der Waals surface area contributed by atoms with Gasteiger partial charge >= 0.3 is 0 Å². The molecule has 0 fully saturated rings. The summed E-state index contributed by atoms with van der Waals surface area (Å²) < 4.78 is 24.4. The third kappa shape index (κ3) is 5.57. The van der Waals surface area contributed by atoms with Gasteiger partial charge in [-0.2, -0.15) is 0 Å². The molecule has 0 atom stereocenters. The molecule has 0 unspecified atom stereocenters. The highest BCUT2D eigenvalue weighted by molar-refractivity contribution is 5.99. The number of fused-ring (bicyclic) bond motifs is 1. The van der Waals surface area contributed by atoms with E-state index >= 15 is 0 Å². The van der Waals surface area contributed by atoms with Gasteiger partial charge in [0, 0.05) is 18.7 Å². The van der Waals surface area contributed by atoms with E-state index in [1.165, 1.54) is 12.1 Å². The first-order valence-corrected chi connectivity index (χ1v) is 9.45. The number of nitrogens with one attached hydrogen (secondary N) is 2. The highest BCUT2D eigenvalue weighted by atomic mass is 19.1. The molecule has 152 valence electrons. The van der Waals surface area contributed by atoms with Gasteiger partial charge < -0.3 is 20.1 Å². The lowest BCUT2D eigenvalue weighted by atomic mass is 10.1. The molecule has 0 aliphatic carbocycles. The van der Waals surface area contributed by atoms with Gasteiger partial charge in [-0.15, -0.1) is 0 Å². The lowest BCUT2D eigenvalue weighted by molar-refractivity contribution is -0.121. The molecule has 2 amide bonds. The zero-order valence-corrected chi connectivity index (χ0v) is 16.2. The van der Waals surface area contributed by atoms with Crippen molar-refractivity contribution < 1.29 is 23.5 Å². The zero-order chi connectivity index (χ0) is 20.6. The summed E-state index contributed by atoms with van der Waals surface area (Å²) in [5.41, 5.74) is 1.88. The summed E-state index contributed by atoms with van der Waals surface area (Å²) in [5, 5.41) is 5.46. The second kappa shape index (κ2) is 9.73. The van der Waals surface area contributed by atoms with Gasteiger partial charge in [-0.3, -0.25) is 9.59 Å². The molecule has 0 saturated heterocycles. The van der Waals surface area contributed by atoms with E-state index in [9.17, 15) is 14.0 Å². The predicted octanol–water partition coefficient (Wildman–Crippen LogP) is 2.48. The number of carbonyl (C=O) groups excluding carboxylic acids is 2. The lowest BCUT2D eigenvalue weighted by Gasteiger charge is -2.20. The van der Waals surface area contributed by atoms with E-state index in [1.807, 2.05) is 25.1 Å². The maximum atomic E-state index is 13.1. The molecule has 1 aliphatic heterocycles. The van der Waals surface area contributed by atoms with Crippen LogP contribution in [0.4, 0.5) is 4.39 Å². The molecule has 1 heterocycles. The smallest absolute Gasteiger partial charge is 0.250 e. The normalized spacial score (nSPS) is 12.3. The summed E-state index contributed by atoms with van der Waals surface area (Å²) in [6, 6.07) is 11.4. The Labute approximate surface area is 168 Å². The van der Waals surface area contributed by atoms with Crippen molar-refractivity contribution in [3.05, 3.63) is 65.0 Å². The molecular formula is C22H23FN2O4. The van der Waals surface area contributed by atoms with Crippen LogP contribution in [0.5, 0.6) is 11.5 Å². The average molecular weight is 398 g/mol. The quantitative estimate of drug-likeness (QED) is 0.670. The van der Waals surface area contributed by atoms with E-state index in [2.05, 4.69) is 10.6 Å². The summed E-state index contributed by atoms with van der Waals surface area (Å²) in [4.78, 5) is 24.2. The van der Waals surface area contributed by atoms with Crippen molar-refractivity contribution in [2.24, 2.45) is 0 Å². The minimum Gasteiger partial charge on any atom is -0.490 e. The van der Waals surface area contributed by atoms with Crippen LogP contribution >= 0.6 is 0 Å². The highest BCUT2D eigenvalue weighted by Crippen LogP contribution is 2.35. The summed E-state index contributed by atoms with van der Waals surface area (Å²) in [5.74, 6) is 0.428. The van der Waals surface area contributed by atoms with Gasteiger partial charge in [0.25, 0.3) is 5.91 Å². The van der Waals surface area contributed by atoms with Crippen molar-refractivity contribution in [1.82, 2.24) is 10.6 Å². The van der Waals surface area contributed by atoms with Crippen LogP contribution in [-0.2, 0) is 16.0 Å². The van der Waals surface area contributed by atoms with Crippen LogP contribution in [0, 0.1) is 5.82 Å². The molecule has 2 aromatic rings. The fourth-order valence-corrected chi connectivity index (χ4v) is 2.97. The summed E-state index contributed by atoms with van der Waals surface area (Å²) in [6.07, 6.45) is 1.86. The summed E-state index contributed by atoms with van der Waals surface area (Å²) in [6.45, 7) is 3.13. The molecule has 6 nitrogen and oxygen atoms in total. The van der Waals surface area contributed by atoms with Crippen LogP contribution < -0.4 is 20.1 Å². The summed E-state index contributed by atoms with van der Waals surface area (Å²) in [7, 11) is 0. The predicted molar refractivity (Wildman–Crippen MR) is 107 cm³/mol. The fraction of sp³-hybridized carbons (Fsp3) is 0.273. The first-order valence-electron chi connectivity index (χ1n) is 9.45. The molecule has 7 heteroatoms. The van der Waals surface area contributed by atoms with Gasteiger partial charge in [0.1, 0.15) is 12.4 Å². The number of hydrogen-bond acceptors (Lipinski definition) is 4. The van der Waals surface area contributed by atoms with Crippen LogP contribution in [0.15, 0.2) is 48.0 Å². The van der Waals surface area contributed by atoms with Gasteiger partial charge in [-0.05, 0) is 36.8 Å². The number of benzene rings is 2. The molecule has 0 radical (unpaired) electrons. The van der Waals surface area contributed by atoms with Crippen molar-refractivity contribution in [2.75, 3.05) is 26.3 Å². The highest BCUT2D eigenvalue weighted by Gasteiger charge is 2.20. The van der Waals surface area contributed by atoms with E-state index < -0.39 is 0 Å². The van der Waals surface area contributed by atoms with E-state index in [0.717, 1.165) is 5.56 Å². The molecule has 2 aromatic carbocycles. The van der Waals surface area contributed by atoms with Gasteiger partial charge in [0.05, 0.1) is 18.6 Å². The lowest BCUT2D eigenvalue weighted by Crippen LogP contribution is -2.36. The molecule has 0 bridgehead atoms. The molecule has 0 saturated carbocycles. The third-order valence-electron chi connectivity index (χ3n) is 4.29. The molecule has 29 heavy (non-hydrogen) atoms. The Bertz CT molecular complexity index is 927. The monoisotopic (exact) mass is 398 g/mol. The molecule has 0 aromatic heterocycles. The van der Waals surface area contributed by atoms with E-state index in [1.54, 1.807) is 18.2 Å². The number of halogens is 1. The molecule has 1 aliphatic rings. The van der Waals surface area contributed by atoms with Gasteiger partial charge in [0.2, 0.25) is 5.91 Å². The second-order valence-corrected chi connectivity index (χ2v) is 6.48. The Hall–Kier alpha value is -3.35. The van der Waals surface area contributed by atoms with Gasteiger partial charge in [-0.25, -0.2) is 4.39 Å². The number of ether oxygens (including phenoxy) is 2. The molecule has 3 rings (SSSR count). The van der Waals surface area contributed by atoms with Crippen molar-refractivity contribution in [2.45, 2.75) is 13.3 Å². The Kier molecular flexibility index (Phi) is 6.84. The maximum Gasteiger partial charge on any atom is 0.250 e. The average Bonchev–Trinajstić information content (AvgIpc) is 2.71. The Morgan fingerprint density at radius 2 is 1.93 bits per heavy atom. The number of carbonyl (C=O) groups is 2. The second-order valence-electron chi connectivity index (χ2n) is 6.48. The van der Waals surface area contributed by atoms with Crippen molar-refractivity contribution in [3.63, 3.8) is 0 Å². The molecule has 0 spiro atoms. The number of amides is 2. The molecular weight excluding hydrogens is 375 g/mol. The Balaban J connectivity index is 1.46. The number of hydrogen-bond donors (Lipinski definition) is 2. The zero-order valence-electron chi connectivity index (χ0n) is 16.2. The third-order valence-corrected chi connectivity index (χ3v) is 4.29. The Morgan fingerprint density at radius 1 is 1.14 bits per heavy atom. The van der Waals surface area contributed by atoms with Crippen LogP contribution in [0.3, 0.4) is 0 Å². The maximum absolute atomic E-state index is 13.1. The largest absolute Gasteiger partial charge is 0.490 e. The first kappa shape index (κ1) is 20.4. The van der Waals surface area contributed by atoms with Crippen LogP contribution in [0.25, 0.3) is 6.08 Å². The fourth-order valence-electron chi connectivity index (χ4n) is 2.97. The SMILES string of the molecule is CCOc1cccc2c1OCC(C(=O)NCCNC(=O)Cc1cccc(F)c1)=C2. The van der Waals surface area contributed by atoms with E-state index in [0.29, 0.717) is 29.2 Å². The minimum absolute atomic E-state index is 0.0870. The number of para-hydroxylation sites is 1. The van der Waals surface area contributed by atoms with Gasteiger partial charge in [-0.1, -0.05) is 24.3 Å². The van der Waals surface area contributed by atoms with Crippen molar-refractivity contribution in [3.8, 4) is 11.5 Å². The van der Waals surface area contributed by atoms with Gasteiger partial charge in [0.15, 0.2) is 11.5 Å². The van der Waals surface area contributed by atoms with E-state index in [-0.39, 0.29) is 43.7 Å². The van der Waals surface area contributed by atoms with Crippen molar-refractivity contribution in [1.29, 1.82) is 0 Å².